The van der Waals surface area contributed by atoms with E-state index >= 15 is 0 Å². The van der Waals surface area contributed by atoms with E-state index in [1.165, 1.54) is 0 Å². The maximum Gasteiger partial charge on any atom is 0.109 e. The first-order chi connectivity index (χ1) is 9.56. The molecule has 2 rings (SSSR count). The molecule has 0 amide bonds. The Morgan fingerprint density at radius 2 is 2.20 bits per heavy atom. The highest BCUT2D eigenvalue weighted by molar-refractivity contribution is 5.11. The first-order valence-corrected chi connectivity index (χ1v) is 7.23. The van der Waals surface area contributed by atoms with Crippen LogP contribution in [-0.4, -0.2) is 74.9 Å². The number of fused-ring (bicyclic) bond motifs is 1. The van der Waals surface area contributed by atoms with Gasteiger partial charge in [0.05, 0.1) is 31.5 Å². The largest absolute Gasteiger partial charge is 0.385 e. The summed E-state index contributed by atoms with van der Waals surface area (Å²) in [6, 6.07) is -0.0565. The monoisotopic (exact) mass is 285 g/mol. The lowest BCUT2D eigenvalue weighted by Gasteiger charge is -2.44. The average Bonchev–Trinajstić information content (AvgIpc) is 2.71. The number of aliphatic hydroxyl groups is 1. The summed E-state index contributed by atoms with van der Waals surface area (Å²) in [4.78, 5) is 2.11. The van der Waals surface area contributed by atoms with E-state index in [2.05, 4.69) is 11.5 Å². The van der Waals surface area contributed by atoms with Crippen LogP contribution in [0.5, 0.6) is 0 Å². The number of methoxy groups -OCH3 is 2. The van der Waals surface area contributed by atoms with E-state index < -0.39 is 5.60 Å². The number of nitrogens with zero attached hydrogens (tertiary/aromatic N) is 1. The lowest BCUT2D eigenvalue weighted by atomic mass is 9.82. The number of rotatable bonds is 6. The fourth-order valence-electron chi connectivity index (χ4n) is 3.83. The van der Waals surface area contributed by atoms with Gasteiger partial charge in [-0.15, -0.1) is 6.58 Å². The Balaban J connectivity index is 2.15. The molecule has 0 aromatic heterocycles. The van der Waals surface area contributed by atoms with Crippen LogP contribution in [0.4, 0.5) is 0 Å². The van der Waals surface area contributed by atoms with Gasteiger partial charge in [0.1, 0.15) is 5.60 Å². The number of hydrogen-bond acceptors (Lipinski definition) is 5. The van der Waals surface area contributed by atoms with Crippen LogP contribution < -0.4 is 0 Å². The third kappa shape index (κ3) is 2.78. The van der Waals surface area contributed by atoms with E-state index in [0.717, 1.165) is 19.4 Å². The van der Waals surface area contributed by atoms with Crippen molar-refractivity contribution in [3.8, 4) is 0 Å². The smallest absolute Gasteiger partial charge is 0.109 e. The SMILES string of the molecule is C=CCN(C)[C@H]1[C@H](OC)C[C@@H]2C[C@H](COC)OC[C@]21O. The van der Waals surface area contributed by atoms with Crippen LogP contribution >= 0.6 is 0 Å². The zero-order chi connectivity index (χ0) is 14.8. The minimum Gasteiger partial charge on any atom is -0.385 e. The van der Waals surface area contributed by atoms with Gasteiger partial charge in [-0.3, -0.25) is 4.90 Å². The van der Waals surface area contributed by atoms with Gasteiger partial charge < -0.3 is 19.3 Å². The van der Waals surface area contributed by atoms with Crippen LogP contribution in [0.15, 0.2) is 12.7 Å². The Morgan fingerprint density at radius 1 is 1.45 bits per heavy atom. The zero-order valence-electron chi connectivity index (χ0n) is 12.7. The van der Waals surface area contributed by atoms with E-state index in [9.17, 15) is 5.11 Å². The lowest BCUT2D eigenvalue weighted by molar-refractivity contribution is -0.177. The summed E-state index contributed by atoms with van der Waals surface area (Å²) in [5.41, 5.74) is -0.845. The fraction of sp³-hybridized carbons (Fsp3) is 0.867. The topological polar surface area (TPSA) is 51.2 Å². The zero-order valence-corrected chi connectivity index (χ0v) is 12.7. The number of ether oxygens (including phenoxy) is 3. The van der Waals surface area contributed by atoms with Crippen molar-refractivity contribution in [3.05, 3.63) is 12.7 Å². The molecular formula is C15H27NO4. The Hall–Kier alpha value is -0.460. The summed E-state index contributed by atoms with van der Waals surface area (Å²) in [5.74, 6) is 0.193. The van der Waals surface area contributed by atoms with Gasteiger partial charge in [0.2, 0.25) is 0 Å². The Kier molecular flexibility index (Phi) is 5.20. The van der Waals surface area contributed by atoms with E-state index in [4.69, 9.17) is 14.2 Å². The molecule has 1 heterocycles. The molecule has 5 nitrogen and oxygen atoms in total. The summed E-state index contributed by atoms with van der Waals surface area (Å²) < 4.78 is 16.6. The quantitative estimate of drug-likeness (QED) is 0.727. The molecule has 0 spiro atoms. The Morgan fingerprint density at radius 3 is 2.80 bits per heavy atom. The van der Waals surface area contributed by atoms with Gasteiger partial charge in [0.25, 0.3) is 0 Å². The van der Waals surface area contributed by atoms with Gasteiger partial charge >= 0.3 is 0 Å². The van der Waals surface area contributed by atoms with Crippen molar-refractivity contribution in [2.24, 2.45) is 5.92 Å². The molecule has 2 aliphatic rings. The average molecular weight is 285 g/mol. The molecule has 1 aliphatic carbocycles. The minimum atomic E-state index is -0.845. The van der Waals surface area contributed by atoms with Crippen LogP contribution in [0.3, 0.4) is 0 Å². The van der Waals surface area contributed by atoms with Crippen LogP contribution in [0.1, 0.15) is 12.8 Å². The second-order valence-electron chi connectivity index (χ2n) is 6.00. The molecule has 0 unspecified atom stereocenters. The molecule has 5 atom stereocenters. The predicted octanol–water partition coefficient (Wildman–Crippen LogP) is 0.674. The van der Waals surface area contributed by atoms with Crippen LogP contribution in [-0.2, 0) is 14.2 Å². The maximum atomic E-state index is 11.1. The third-order valence-corrected chi connectivity index (χ3v) is 4.73. The molecule has 116 valence electrons. The normalized spacial score (nSPS) is 40.9. The second-order valence-corrected chi connectivity index (χ2v) is 6.00. The van der Waals surface area contributed by atoms with Crippen molar-refractivity contribution in [1.29, 1.82) is 0 Å². The molecule has 1 aliphatic heterocycles. The van der Waals surface area contributed by atoms with Gasteiger partial charge in [-0.25, -0.2) is 0 Å². The van der Waals surface area contributed by atoms with E-state index in [-0.39, 0.29) is 24.2 Å². The molecule has 1 saturated carbocycles. The highest BCUT2D eigenvalue weighted by atomic mass is 16.5. The van der Waals surface area contributed by atoms with E-state index in [0.29, 0.717) is 13.2 Å². The van der Waals surface area contributed by atoms with Crippen molar-refractivity contribution in [3.63, 3.8) is 0 Å². The van der Waals surface area contributed by atoms with Crippen molar-refractivity contribution in [1.82, 2.24) is 4.90 Å². The molecule has 20 heavy (non-hydrogen) atoms. The molecule has 0 aromatic carbocycles. The molecule has 5 heteroatoms. The highest BCUT2D eigenvalue weighted by Crippen LogP contribution is 2.45. The third-order valence-electron chi connectivity index (χ3n) is 4.73. The Labute approximate surface area is 121 Å². The van der Waals surface area contributed by atoms with Crippen molar-refractivity contribution in [2.75, 3.05) is 41.0 Å². The van der Waals surface area contributed by atoms with Gasteiger partial charge in [-0.2, -0.15) is 0 Å². The standard InChI is InChI=1S/C15H27NO4/c1-5-6-16(2)14-13(19-4)8-11-7-12(9-18-3)20-10-15(11,14)17/h5,11-14,17H,1,6-10H2,2-4H3/t11-,12+,13+,14-,15-/m0/s1. The first kappa shape index (κ1) is 15.9. The summed E-state index contributed by atoms with van der Waals surface area (Å²) in [5, 5.41) is 11.1. The van der Waals surface area contributed by atoms with Gasteiger partial charge in [0, 0.05) is 20.8 Å². The van der Waals surface area contributed by atoms with E-state index in [1.807, 2.05) is 13.1 Å². The molecular weight excluding hydrogens is 258 g/mol. The van der Waals surface area contributed by atoms with Gasteiger partial charge in [-0.05, 0) is 25.8 Å². The van der Waals surface area contributed by atoms with Gasteiger partial charge in [-0.1, -0.05) is 6.08 Å². The highest BCUT2D eigenvalue weighted by Gasteiger charge is 2.58. The summed E-state index contributed by atoms with van der Waals surface area (Å²) in [6.45, 7) is 5.42. The molecule has 0 aromatic rings. The molecule has 1 N–H and O–H groups in total. The summed E-state index contributed by atoms with van der Waals surface area (Å²) >= 11 is 0. The van der Waals surface area contributed by atoms with Gasteiger partial charge in [0.15, 0.2) is 0 Å². The number of hydrogen-bond donors (Lipinski definition) is 1. The number of likely N-dealkylation sites (N-methyl/N-ethyl adjacent to an activating group) is 1. The van der Waals surface area contributed by atoms with Crippen LogP contribution in [0.25, 0.3) is 0 Å². The molecule has 0 radical (unpaired) electrons. The first-order valence-electron chi connectivity index (χ1n) is 7.23. The van der Waals surface area contributed by atoms with Crippen molar-refractivity contribution in [2.45, 2.75) is 36.7 Å². The maximum absolute atomic E-state index is 11.1. The summed E-state index contributed by atoms with van der Waals surface area (Å²) in [6.07, 6.45) is 3.64. The fourth-order valence-corrected chi connectivity index (χ4v) is 3.83. The van der Waals surface area contributed by atoms with Crippen molar-refractivity contribution < 1.29 is 19.3 Å². The van der Waals surface area contributed by atoms with Crippen LogP contribution in [0, 0.1) is 5.92 Å². The van der Waals surface area contributed by atoms with Crippen molar-refractivity contribution >= 4 is 0 Å². The molecule has 1 saturated heterocycles. The Bertz CT molecular complexity index is 338. The minimum absolute atomic E-state index is 0.0276. The second kappa shape index (κ2) is 6.54. The van der Waals surface area contributed by atoms with E-state index in [1.54, 1.807) is 14.2 Å². The lowest BCUT2D eigenvalue weighted by Crippen LogP contribution is -2.60. The molecule has 0 bridgehead atoms. The van der Waals surface area contributed by atoms with Crippen LogP contribution in [0.2, 0.25) is 0 Å². The predicted molar refractivity (Wildman–Crippen MR) is 76.7 cm³/mol. The molecule has 2 fully saturated rings. The summed E-state index contributed by atoms with van der Waals surface area (Å²) in [7, 11) is 5.39.